The van der Waals surface area contributed by atoms with Crippen LogP contribution in [0, 0.1) is 24.7 Å². The van der Waals surface area contributed by atoms with Gasteiger partial charge in [-0.25, -0.2) is 4.98 Å². The van der Waals surface area contributed by atoms with Gasteiger partial charge in [0.2, 0.25) is 0 Å². The van der Waals surface area contributed by atoms with Crippen LogP contribution in [0.25, 0.3) is 16.6 Å². The third-order valence-corrected chi connectivity index (χ3v) is 8.74. The molecule has 1 N–H and O–H groups in total. The van der Waals surface area contributed by atoms with Crippen molar-refractivity contribution < 1.29 is 14.3 Å². The summed E-state index contributed by atoms with van der Waals surface area (Å²) in [7, 11) is 3.87. The Morgan fingerprint density at radius 1 is 1.15 bits per heavy atom. The summed E-state index contributed by atoms with van der Waals surface area (Å²) in [5, 5.41) is 0. The zero-order valence-electron chi connectivity index (χ0n) is 24.1. The first-order valence-corrected chi connectivity index (χ1v) is 14.5. The molecule has 0 spiro atoms. The highest BCUT2D eigenvalue weighted by molar-refractivity contribution is 5.84. The smallest absolute Gasteiger partial charge is 0.308 e. The maximum atomic E-state index is 12.9. The molecule has 0 unspecified atom stereocenters. The molecule has 3 aliphatic carbocycles. The van der Waals surface area contributed by atoms with Gasteiger partial charge in [-0.3, -0.25) is 4.79 Å². The van der Waals surface area contributed by atoms with E-state index >= 15 is 0 Å². The Labute approximate surface area is 232 Å². The van der Waals surface area contributed by atoms with Crippen LogP contribution in [-0.4, -0.2) is 53.7 Å². The van der Waals surface area contributed by atoms with Gasteiger partial charge in [0.05, 0.1) is 18.5 Å². The first-order valence-electron chi connectivity index (χ1n) is 14.5. The Morgan fingerprint density at radius 2 is 1.95 bits per heavy atom. The van der Waals surface area contributed by atoms with E-state index in [1.807, 2.05) is 19.9 Å². The number of aromatic amines is 1. The van der Waals surface area contributed by atoms with Crippen molar-refractivity contribution in [2.24, 2.45) is 17.8 Å². The van der Waals surface area contributed by atoms with Crippen LogP contribution in [0.2, 0.25) is 0 Å². The largest absolute Gasteiger partial charge is 0.494 e. The van der Waals surface area contributed by atoms with Gasteiger partial charge >= 0.3 is 5.97 Å². The molecule has 0 aliphatic heterocycles. The number of allylic oxidation sites excluding steroid dienone is 1. The van der Waals surface area contributed by atoms with Crippen molar-refractivity contribution in [3.05, 3.63) is 65.5 Å². The van der Waals surface area contributed by atoms with E-state index in [9.17, 15) is 4.79 Å². The van der Waals surface area contributed by atoms with E-state index in [0.29, 0.717) is 5.92 Å². The number of fused-ring (bicyclic) bond motifs is 3. The molecular weight excluding hydrogens is 486 g/mol. The Hall–Kier alpha value is -3.12. The third kappa shape index (κ3) is 5.76. The second-order valence-electron chi connectivity index (χ2n) is 11.9. The van der Waals surface area contributed by atoms with Gasteiger partial charge in [-0.1, -0.05) is 56.3 Å². The second-order valence-corrected chi connectivity index (χ2v) is 11.9. The molecule has 2 aromatic carbocycles. The van der Waals surface area contributed by atoms with Crippen LogP contribution >= 0.6 is 0 Å². The summed E-state index contributed by atoms with van der Waals surface area (Å²) in [5.41, 5.74) is 5.45. The van der Waals surface area contributed by atoms with Crippen molar-refractivity contribution in [1.29, 1.82) is 0 Å². The van der Waals surface area contributed by atoms with E-state index in [1.54, 1.807) is 7.11 Å². The summed E-state index contributed by atoms with van der Waals surface area (Å²) in [6.45, 7) is 7.81. The Balaban J connectivity index is 1.23. The molecule has 6 nitrogen and oxygen atoms in total. The van der Waals surface area contributed by atoms with E-state index in [-0.39, 0.29) is 17.8 Å². The number of hydrogen-bond acceptors (Lipinski definition) is 5. The molecule has 3 aromatic rings. The molecule has 1 saturated carbocycles. The summed E-state index contributed by atoms with van der Waals surface area (Å²) >= 11 is 0. The maximum Gasteiger partial charge on any atom is 0.308 e. The van der Waals surface area contributed by atoms with Crippen LogP contribution in [0.1, 0.15) is 62.9 Å². The van der Waals surface area contributed by atoms with Gasteiger partial charge in [0.1, 0.15) is 22.7 Å². The number of H-pyrrole nitrogens is 1. The molecule has 1 aromatic heterocycles. The molecule has 39 heavy (non-hydrogen) atoms. The lowest BCUT2D eigenvalue weighted by Crippen LogP contribution is -2.51. The molecule has 0 saturated heterocycles. The first-order chi connectivity index (χ1) is 18.8. The molecule has 6 rings (SSSR count). The number of aryl methyl sites for hydroxylation is 2. The number of aromatic nitrogens is 2. The second kappa shape index (κ2) is 11.5. The number of methoxy groups -OCH3 is 1. The number of hydrogen-bond donors (Lipinski definition) is 1. The average molecular weight is 530 g/mol. The number of rotatable bonds is 11. The van der Waals surface area contributed by atoms with Gasteiger partial charge in [0.25, 0.3) is 0 Å². The molecule has 2 bridgehead atoms. The van der Waals surface area contributed by atoms with E-state index < -0.39 is 5.60 Å². The molecule has 208 valence electrons. The highest BCUT2D eigenvalue weighted by Crippen LogP contribution is 2.53. The van der Waals surface area contributed by atoms with E-state index in [1.165, 1.54) is 17.6 Å². The molecule has 3 aliphatic rings. The summed E-state index contributed by atoms with van der Waals surface area (Å²) in [6.07, 6.45) is 8.35. The molecule has 0 radical (unpaired) electrons. The number of carbonyl (C=O) groups excluding carboxylic acids is 1. The summed E-state index contributed by atoms with van der Waals surface area (Å²) in [4.78, 5) is 23.6. The summed E-state index contributed by atoms with van der Waals surface area (Å²) in [6, 6.07) is 14.8. The van der Waals surface area contributed by atoms with E-state index in [2.05, 4.69) is 66.3 Å². The van der Waals surface area contributed by atoms with E-state index in [0.717, 1.165) is 73.4 Å². The number of nitrogens with zero attached hydrogens (tertiary/aromatic N) is 2. The average Bonchev–Trinajstić information content (AvgIpc) is 3.38. The predicted octanol–water partition coefficient (Wildman–Crippen LogP) is 6.59. The van der Waals surface area contributed by atoms with Crippen molar-refractivity contribution in [3.8, 4) is 5.75 Å². The minimum Gasteiger partial charge on any atom is -0.494 e. The molecule has 0 amide bonds. The monoisotopic (exact) mass is 529 g/mol. The van der Waals surface area contributed by atoms with Crippen molar-refractivity contribution in [1.82, 2.24) is 14.9 Å². The van der Waals surface area contributed by atoms with Crippen molar-refractivity contribution in [3.63, 3.8) is 0 Å². The van der Waals surface area contributed by atoms with Gasteiger partial charge in [0.15, 0.2) is 0 Å². The van der Waals surface area contributed by atoms with Gasteiger partial charge in [-0.05, 0) is 74.9 Å². The SMILES string of the molecule is COc1ccc(C)c2nc(CCCN(C)CC[C@]3(OC(=O)C(C)C)C[C@H]4CC[C@@H]3C=C4c3ccccc3)[nH]c12. The number of imidazole rings is 1. The van der Waals surface area contributed by atoms with Gasteiger partial charge < -0.3 is 19.4 Å². The number of benzene rings is 2. The normalized spacial score (nSPS) is 22.5. The minimum atomic E-state index is -0.413. The zero-order valence-corrected chi connectivity index (χ0v) is 24.1. The van der Waals surface area contributed by atoms with Crippen molar-refractivity contribution >= 4 is 22.6 Å². The molecule has 1 heterocycles. The van der Waals surface area contributed by atoms with Gasteiger partial charge in [0, 0.05) is 25.3 Å². The van der Waals surface area contributed by atoms with Crippen LogP contribution in [0.5, 0.6) is 5.75 Å². The third-order valence-electron chi connectivity index (χ3n) is 8.74. The van der Waals surface area contributed by atoms with Crippen LogP contribution in [0.3, 0.4) is 0 Å². The number of carbonyl (C=O) groups is 1. The Morgan fingerprint density at radius 3 is 2.64 bits per heavy atom. The maximum absolute atomic E-state index is 12.9. The lowest BCUT2D eigenvalue weighted by atomic mass is 9.60. The van der Waals surface area contributed by atoms with Crippen molar-refractivity contribution in [2.75, 3.05) is 27.2 Å². The predicted molar refractivity (Wildman–Crippen MR) is 157 cm³/mol. The molecule has 1 fully saturated rings. The highest BCUT2D eigenvalue weighted by Gasteiger charge is 2.50. The minimum absolute atomic E-state index is 0.0736. The fourth-order valence-electron chi connectivity index (χ4n) is 6.45. The zero-order chi connectivity index (χ0) is 27.6. The summed E-state index contributed by atoms with van der Waals surface area (Å²) < 4.78 is 11.9. The van der Waals surface area contributed by atoms with E-state index in [4.69, 9.17) is 14.5 Å². The standard InChI is InChI=1S/C33H43N3O3/c1-22(2)32(37)39-33(21-25-14-15-26(33)20-27(25)24-10-7-6-8-11-24)17-19-36(4)18-9-12-29-34-30-23(3)13-16-28(38-5)31(30)35-29/h6-8,10-11,13,16,20,22,25-26H,9,12,14-15,17-19,21H2,1-5H3,(H,34,35)/t25-,26-,33+/m1/s1. The quantitative estimate of drug-likeness (QED) is 0.284. The van der Waals surface area contributed by atoms with Crippen LogP contribution in [0.15, 0.2) is 48.5 Å². The van der Waals surface area contributed by atoms with Crippen LogP contribution in [0.4, 0.5) is 0 Å². The molecular formula is C33H43N3O3. The first kappa shape index (κ1) is 27.4. The summed E-state index contributed by atoms with van der Waals surface area (Å²) in [5.74, 6) is 2.34. The van der Waals surface area contributed by atoms with Crippen LogP contribution < -0.4 is 4.74 Å². The van der Waals surface area contributed by atoms with Gasteiger partial charge in [-0.2, -0.15) is 0 Å². The number of nitrogens with one attached hydrogen (secondary N) is 1. The highest BCUT2D eigenvalue weighted by atomic mass is 16.6. The lowest BCUT2D eigenvalue weighted by molar-refractivity contribution is -0.176. The molecule has 6 heteroatoms. The number of esters is 1. The van der Waals surface area contributed by atoms with Crippen LogP contribution in [-0.2, 0) is 16.0 Å². The fourth-order valence-corrected chi connectivity index (χ4v) is 6.45. The topological polar surface area (TPSA) is 67.5 Å². The molecule has 3 atom stereocenters. The Kier molecular flexibility index (Phi) is 8.13. The number of ether oxygens (including phenoxy) is 2. The van der Waals surface area contributed by atoms with Crippen molar-refractivity contribution in [2.45, 2.75) is 64.9 Å². The lowest BCUT2D eigenvalue weighted by Gasteiger charge is -2.50. The Bertz CT molecular complexity index is 1330. The fraction of sp³-hybridized carbons (Fsp3) is 0.515. The van der Waals surface area contributed by atoms with Gasteiger partial charge in [-0.15, -0.1) is 0 Å².